The van der Waals surface area contributed by atoms with Crippen molar-refractivity contribution in [1.29, 1.82) is 0 Å². The van der Waals surface area contributed by atoms with E-state index >= 15 is 0 Å². The smallest absolute Gasteiger partial charge is 0.136 e. The minimum Gasteiger partial charge on any atom is -0.382 e. The molecule has 0 saturated carbocycles. The standard InChI is InChI=1S/C11H22O2/c1-5-10(6-2)11(12)8-7-9(3)13-4/h9-10H,5-8H2,1-4H3. The normalized spacial score (nSPS) is 13.3. The predicted molar refractivity (Wildman–Crippen MR) is 54.8 cm³/mol. The summed E-state index contributed by atoms with van der Waals surface area (Å²) in [6, 6.07) is 0. The van der Waals surface area contributed by atoms with Crippen LogP contribution in [-0.2, 0) is 9.53 Å². The molecule has 0 fully saturated rings. The fraction of sp³-hybridized carbons (Fsp3) is 0.909. The van der Waals surface area contributed by atoms with Gasteiger partial charge in [-0.2, -0.15) is 0 Å². The number of carbonyl (C=O) groups excluding carboxylic acids is 1. The van der Waals surface area contributed by atoms with Gasteiger partial charge in [-0.3, -0.25) is 4.79 Å². The fourth-order valence-electron chi connectivity index (χ4n) is 1.41. The maximum Gasteiger partial charge on any atom is 0.136 e. The highest BCUT2D eigenvalue weighted by Crippen LogP contribution is 2.13. The Bertz CT molecular complexity index is 139. The Balaban J connectivity index is 3.72. The van der Waals surface area contributed by atoms with Gasteiger partial charge in [0.05, 0.1) is 6.10 Å². The summed E-state index contributed by atoms with van der Waals surface area (Å²) in [5, 5.41) is 0. The molecule has 2 heteroatoms. The average Bonchev–Trinajstić information content (AvgIpc) is 2.16. The number of Topliss-reactive ketones (excluding diaryl/α,β-unsaturated/α-hetero) is 1. The minimum absolute atomic E-state index is 0.207. The third-order valence-corrected chi connectivity index (χ3v) is 2.64. The van der Waals surface area contributed by atoms with Crippen molar-refractivity contribution in [2.24, 2.45) is 5.92 Å². The minimum atomic E-state index is 0.207. The molecule has 0 heterocycles. The second-order valence-electron chi connectivity index (χ2n) is 3.56. The molecule has 0 aromatic heterocycles. The third-order valence-electron chi connectivity index (χ3n) is 2.64. The van der Waals surface area contributed by atoms with E-state index in [0.29, 0.717) is 12.2 Å². The molecule has 0 N–H and O–H groups in total. The van der Waals surface area contributed by atoms with Gasteiger partial charge in [-0.15, -0.1) is 0 Å². The van der Waals surface area contributed by atoms with E-state index in [1.165, 1.54) is 0 Å². The molecule has 0 rings (SSSR count). The van der Waals surface area contributed by atoms with E-state index in [4.69, 9.17) is 4.74 Å². The highest BCUT2D eigenvalue weighted by molar-refractivity contribution is 5.80. The number of ether oxygens (including phenoxy) is 1. The first kappa shape index (κ1) is 12.6. The molecule has 0 aliphatic heterocycles. The lowest BCUT2D eigenvalue weighted by molar-refractivity contribution is -0.123. The molecule has 1 atom stereocenters. The van der Waals surface area contributed by atoms with E-state index in [9.17, 15) is 4.79 Å². The van der Waals surface area contributed by atoms with Crippen LogP contribution in [-0.4, -0.2) is 19.0 Å². The summed E-state index contributed by atoms with van der Waals surface area (Å²) in [6.45, 7) is 6.15. The van der Waals surface area contributed by atoms with Crippen LogP contribution in [0.4, 0.5) is 0 Å². The largest absolute Gasteiger partial charge is 0.382 e. The second kappa shape index (κ2) is 7.07. The van der Waals surface area contributed by atoms with Crippen LogP contribution >= 0.6 is 0 Å². The van der Waals surface area contributed by atoms with Crippen LogP contribution in [0.3, 0.4) is 0 Å². The summed E-state index contributed by atoms with van der Waals surface area (Å²) >= 11 is 0. The number of methoxy groups -OCH3 is 1. The van der Waals surface area contributed by atoms with Crippen molar-refractivity contribution in [3.05, 3.63) is 0 Å². The van der Waals surface area contributed by atoms with Gasteiger partial charge < -0.3 is 4.74 Å². The van der Waals surface area contributed by atoms with Gasteiger partial charge in [-0.1, -0.05) is 13.8 Å². The summed E-state index contributed by atoms with van der Waals surface area (Å²) in [5.74, 6) is 0.665. The molecule has 0 amide bonds. The van der Waals surface area contributed by atoms with Gasteiger partial charge in [0.1, 0.15) is 5.78 Å². The van der Waals surface area contributed by atoms with Gasteiger partial charge in [0.15, 0.2) is 0 Å². The molecular formula is C11H22O2. The van der Waals surface area contributed by atoms with Crippen molar-refractivity contribution in [1.82, 2.24) is 0 Å². The summed E-state index contributed by atoms with van der Waals surface area (Å²) in [6.07, 6.45) is 3.67. The molecule has 2 nitrogen and oxygen atoms in total. The number of rotatable bonds is 7. The zero-order valence-electron chi connectivity index (χ0n) is 9.30. The van der Waals surface area contributed by atoms with Gasteiger partial charge in [0.2, 0.25) is 0 Å². The van der Waals surface area contributed by atoms with Gasteiger partial charge in [0.25, 0.3) is 0 Å². The first-order chi connectivity index (χ1) is 6.15. The van der Waals surface area contributed by atoms with E-state index in [1.54, 1.807) is 7.11 Å². The van der Waals surface area contributed by atoms with Crippen molar-refractivity contribution in [2.75, 3.05) is 7.11 Å². The highest BCUT2D eigenvalue weighted by Gasteiger charge is 2.14. The van der Waals surface area contributed by atoms with Gasteiger partial charge >= 0.3 is 0 Å². The molecule has 0 radical (unpaired) electrons. The predicted octanol–water partition coefficient (Wildman–Crippen LogP) is 2.81. The van der Waals surface area contributed by atoms with Crippen LogP contribution in [0.5, 0.6) is 0 Å². The van der Waals surface area contributed by atoms with Gasteiger partial charge in [0, 0.05) is 19.4 Å². The van der Waals surface area contributed by atoms with Crippen LogP contribution in [0.1, 0.15) is 46.5 Å². The average molecular weight is 186 g/mol. The fourth-order valence-corrected chi connectivity index (χ4v) is 1.41. The van der Waals surface area contributed by atoms with E-state index in [0.717, 1.165) is 19.3 Å². The summed E-state index contributed by atoms with van der Waals surface area (Å²) in [4.78, 5) is 11.6. The van der Waals surface area contributed by atoms with Crippen LogP contribution in [0.25, 0.3) is 0 Å². The van der Waals surface area contributed by atoms with E-state index in [-0.39, 0.29) is 12.0 Å². The molecule has 1 unspecified atom stereocenters. The number of hydrogen-bond donors (Lipinski definition) is 0. The van der Waals surface area contributed by atoms with Crippen LogP contribution in [0, 0.1) is 5.92 Å². The quantitative estimate of drug-likeness (QED) is 0.611. The number of ketones is 1. The molecule has 0 aliphatic carbocycles. The lowest BCUT2D eigenvalue weighted by atomic mass is 9.94. The van der Waals surface area contributed by atoms with Crippen molar-refractivity contribution in [3.63, 3.8) is 0 Å². The molecule has 78 valence electrons. The Labute approximate surface area is 81.7 Å². The molecule has 0 bridgehead atoms. The van der Waals surface area contributed by atoms with Crippen LogP contribution in [0.2, 0.25) is 0 Å². The lowest BCUT2D eigenvalue weighted by Crippen LogP contribution is -2.15. The molecule has 0 aromatic carbocycles. The summed E-state index contributed by atoms with van der Waals surface area (Å²) in [7, 11) is 1.69. The zero-order valence-corrected chi connectivity index (χ0v) is 9.30. The topological polar surface area (TPSA) is 26.3 Å². The van der Waals surface area contributed by atoms with Crippen molar-refractivity contribution < 1.29 is 9.53 Å². The molecule has 0 saturated heterocycles. The maximum absolute atomic E-state index is 11.6. The molecule has 13 heavy (non-hydrogen) atoms. The Morgan fingerprint density at radius 3 is 2.23 bits per heavy atom. The maximum atomic E-state index is 11.6. The van der Waals surface area contributed by atoms with Crippen molar-refractivity contribution in [3.8, 4) is 0 Å². The van der Waals surface area contributed by atoms with Gasteiger partial charge in [-0.05, 0) is 26.2 Å². The second-order valence-corrected chi connectivity index (χ2v) is 3.56. The molecular weight excluding hydrogens is 164 g/mol. The Morgan fingerprint density at radius 1 is 1.31 bits per heavy atom. The zero-order chi connectivity index (χ0) is 10.3. The molecule has 0 aromatic rings. The molecule has 0 aliphatic rings. The SMILES string of the molecule is CCC(CC)C(=O)CCC(C)OC. The Kier molecular flexibility index (Phi) is 6.87. The summed E-state index contributed by atoms with van der Waals surface area (Å²) in [5.41, 5.74) is 0. The van der Waals surface area contributed by atoms with Crippen molar-refractivity contribution >= 4 is 5.78 Å². The van der Waals surface area contributed by atoms with Gasteiger partial charge in [-0.25, -0.2) is 0 Å². The van der Waals surface area contributed by atoms with E-state index in [1.807, 2.05) is 6.92 Å². The van der Waals surface area contributed by atoms with Crippen LogP contribution in [0.15, 0.2) is 0 Å². The lowest BCUT2D eigenvalue weighted by Gasteiger charge is -2.13. The van der Waals surface area contributed by atoms with Crippen molar-refractivity contribution in [2.45, 2.75) is 52.6 Å². The number of hydrogen-bond acceptors (Lipinski definition) is 2. The highest BCUT2D eigenvalue weighted by atomic mass is 16.5. The first-order valence-electron chi connectivity index (χ1n) is 5.21. The van der Waals surface area contributed by atoms with Crippen LogP contribution < -0.4 is 0 Å². The monoisotopic (exact) mass is 186 g/mol. The van der Waals surface area contributed by atoms with E-state index in [2.05, 4.69) is 13.8 Å². The third kappa shape index (κ3) is 5.04. The number of carbonyl (C=O) groups is 1. The van der Waals surface area contributed by atoms with E-state index < -0.39 is 0 Å². The summed E-state index contributed by atoms with van der Waals surface area (Å²) < 4.78 is 5.10. The molecule has 0 spiro atoms. The first-order valence-corrected chi connectivity index (χ1v) is 5.21. The Hall–Kier alpha value is -0.370. The Morgan fingerprint density at radius 2 is 1.85 bits per heavy atom.